The summed E-state index contributed by atoms with van der Waals surface area (Å²) in [6.45, 7) is 0.168. The third-order valence-electron chi connectivity index (χ3n) is 3.42. The van der Waals surface area contributed by atoms with Gasteiger partial charge in [0, 0.05) is 14.7 Å². The maximum absolute atomic E-state index is 11.9. The molecule has 7 heteroatoms. The minimum atomic E-state index is -0.256. The van der Waals surface area contributed by atoms with Crippen LogP contribution in [0.5, 0.6) is 5.75 Å². The number of benzene rings is 2. The maximum Gasteiger partial charge on any atom is 0.316 e. The molecule has 2 aromatic carbocycles. The van der Waals surface area contributed by atoms with Gasteiger partial charge in [0.25, 0.3) is 0 Å². The Morgan fingerprint density at radius 2 is 2.04 bits per heavy atom. The van der Waals surface area contributed by atoms with Crippen molar-refractivity contribution < 1.29 is 14.3 Å². The predicted octanol–water partition coefficient (Wildman–Crippen LogP) is 5.42. The highest BCUT2D eigenvalue weighted by molar-refractivity contribution is 9.10. The van der Waals surface area contributed by atoms with Crippen molar-refractivity contribution in [3.05, 3.63) is 64.1 Å². The number of esters is 1. The number of hydrogen-bond donors (Lipinski definition) is 0. The molecule has 134 valence electrons. The first kappa shape index (κ1) is 18.9. The highest BCUT2D eigenvalue weighted by Crippen LogP contribution is 2.34. The van der Waals surface area contributed by atoms with Crippen molar-refractivity contribution in [2.24, 2.45) is 0 Å². The lowest BCUT2D eigenvalue weighted by Crippen LogP contribution is -2.07. The summed E-state index contributed by atoms with van der Waals surface area (Å²) in [5.74, 6) is 0.777. The van der Waals surface area contributed by atoms with Crippen LogP contribution < -0.4 is 4.74 Å². The van der Waals surface area contributed by atoms with Gasteiger partial charge in [-0.1, -0.05) is 34.1 Å². The van der Waals surface area contributed by atoms with E-state index in [0.29, 0.717) is 0 Å². The normalized spacial score (nSPS) is 10.5. The average Bonchev–Trinajstić information content (AvgIpc) is 3.14. The Kier molecular flexibility index (Phi) is 6.71. The van der Waals surface area contributed by atoms with E-state index in [1.54, 1.807) is 7.11 Å². The molecule has 0 amide bonds. The van der Waals surface area contributed by atoms with E-state index in [-0.39, 0.29) is 18.3 Å². The summed E-state index contributed by atoms with van der Waals surface area (Å²) in [6, 6.07) is 15.5. The van der Waals surface area contributed by atoms with Crippen LogP contribution >= 0.6 is 39.0 Å². The number of ether oxygens (including phenoxy) is 2. The van der Waals surface area contributed by atoms with E-state index in [2.05, 4.69) is 20.9 Å². The standard InChI is InChI=1S/C19H16BrNO3S2/c1-23-17-8-7-13(20)9-16(17)19-21-14(11-26-19)10-24-18(22)12-25-15-5-3-2-4-6-15/h2-9,11H,10,12H2,1H3. The molecule has 0 aliphatic carbocycles. The lowest BCUT2D eigenvalue weighted by molar-refractivity contribution is -0.141. The van der Waals surface area contributed by atoms with Gasteiger partial charge in [-0.15, -0.1) is 23.1 Å². The van der Waals surface area contributed by atoms with Crippen LogP contribution in [0.4, 0.5) is 0 Å². The van der Waals surface area contributed by atoms with Gasteiger partial charge in [-0.3, -0.25) is 4.79 Å². The second-order valence-electron chi connectivity index (χ2n) is 5.25. The van der Waals surface area contributed by atoms with E-state index in [1.807, 2.05) is 53.9 Å². The van der Waals surface area contributed by atoms with Crippen molar-refractivity contribution in [1.29, 1.82) is 0 Å². The van der Waals surface area contributed by atoms with Gasteiger partial charge in [0.15, 0.2) is 0 Å². The summed E-state index contributed by atoms with van der Waals surface area (Å²) >= 11 is 6.42. The first-order chi connectivity index (χ1) is 12.7. The summed E-state index contributed by atoms with van der Waals surface area (Å²) < 4.78 is 11.7. The van der Waals surface area contributed by atoms with Crippen LogP contribution in [0.25, 0.3) is 10.6 Å². The molecule has 0 saturated carbocycles. The van der Waals surface area contributed by atoms with Gasteiger partial charge in [-0.05, 0) is 30.3 Å². The summed E-state index contributed by atoms with van der Waals surface area (Å²) in [5, 5.41) is 2.72. The number of thiazole rings is 1. The SMILES string of the molecule is COc1ccc(Br)cc1-c1nc(COC(=O)CSc2ccccc2)cs1. The number of thioether (sulfide) groups is 1. The van der Waals surface area contributed by atoms with Crippen molar-refractivity contribution >= 4 is 45.0 Å². The predicted molar refractivity (Wildman–Crippen MR) is 109 cm³/mol. The summed E-state index contributed by atoms with van der Waals surface area (Å²) in [7, 11) is 1.63. The van der Waals surface area contributed by atoms with Crippen molar-refractivity contribution in [1.82, 2.24) is 4.98 Å². The Labute approximate surface area is 168 Å². The smallest absolute Gasteiger partial charge is 0.316 e. The molecule has 1 aromatic heterocycles. The third-order valence-corrected chi connectivity index (χ3v) is 5.83. The number of aromatic nitrogens is 1. The molecule has 0 bridgehead atoms. The maximum atomic E-state index is 11.9. The van der Waals surface area contributed by atoms with Crippen LogP contribution in [-0.2, 0) is 16.1 Å². The molecule has 0 aliphatic heterocycles. The van der Waals surface area contributed by atoms with Gasteiger partial charge in [0.05, 0.1) is 24.1 Å². The zero-order valence-corrected chi connectivity index (χ0v) is 17.2. The summed E-state index contributed by atoms with van der Waals surface area (Å²) in [5.41, 5.74) is 1.63. The Bertz CT molecular complexity index is 884. The molecule has 0 N–H and O–H groups in total. The summed E-state index contributed by atoms with van der Waals surface area (Å²) in [4.78, 5) is 17.5. The van der Waals surface area contributed by atoms with Crippen molar-refractivity contribution in [2.75, 3.05) is 12.9 Å². The van der Waals surface area contributed by atoms with Crippen LogP contribution in [0.3, 0.4) is 0 Å². The zero-order valence-electron chi connectivity index (χ0n) is 14.0. The molecule has 0 aliphatic rings. The van der Waals surface area contributed by atoms with E-state index < -0.39 is 0 Å². The fourth-order valence-corrected chi connectivity index (χ4v) is 4.10. The van der Waals surface area contributed by atoms with Gasteiger partial charge in [-0.25, -0.2) is 4.98 Å². The van der Waals surface area contributed by atoms with E-state index >= 15 is 0 Å². The second-order valence-corrected chi connectivity index (χ2v) is 8.07. The topological polar surface area (TPSA) is 48.4 Å². The molecule has 1 heterocycles. The molecule has 3 aromatic rings. The van der Waals surface area contributed by atoms with Gasteiger partial charge in [0.2, 0.25) is 0 Å². The van der Waals surface area contributed by atoms with Crippen LogP contribution in [0.1, 0.15) is 5.69 Å². The molecule has 0 atom stereocenters. The molecule has 0 spiro atoms. The van der Waals surface area contributed by atoms with E-state index in [0.717, 1.165) is 31.4 Å². The highest BCUT2D eigenvalue weighted by Gasteiger charge is 2.12. The molecule has 0 saturated heterocycles. The molecule has 0 unspecified atom stereocenters. The molecule has 3 rings (SSSR count). The fraction of sp³-hybridized carbons (Fsp3) is 0.158. The van der Waals surface area contributed by atoms with Crippen molar-refractivity contribution in [3.8, 4) is 16.3 Å². The van der Waals surface area contributed by atoms with Gasteiger partial charge >= 0.3 is 5.97 Å². The third kappa shape index (κ3) is 5.09. The number of halogens is 1. The van der Waals surface area contributed by atoms with E-state index in [9.17, 15) is 4.79 Å². The van der Waals surface area contributed by atoms with Gasteiger partial charge in [0.1, 0.15) is 17.4 Å². The molecule has 26 heavy (non-hydrogen) atoms. The highest BCUT2D eigenvalue weighted by atomic mass is 79.9. The molecule has 0 radical (unpaired) electrons. The van der Waals surface area contributed by atoms with E-state index in [1.165, 1.54) is 23.1 Å². The Hall–Kier alpha value is -1.83. The van der Waals surface area contributed by atoms with Crippen LogP contribution in [-0.4, -0.2) is 23.8 Å². The lowest BCUT2D eigenvalue weighted by Gasteiger charge is -2.06. The van der Waals surface area contributed by atoms with Crippen LogP contribution in [0, 0.1) is 0 Å². The lowest BCUT2D eigenvalue weighted by atomic mass is 10.2. The average molecular weight is 450 g/mol. The Morgan fingerprint density at radius 1 is 1.23 bits per heavy atom. The van der Waals surface area contributed by atoms with Crippen LogP contribution in [0.2, 0.25) is 0 Å². The van der Waals surface area contributed by atoms with Crippen molar-refractivity contribution in [3.63, 3.8) is 0 Å². The molecular formula is C19H16BrNO3S2. The fourth-order valence-electron chi connectivity index (χ4n) is 2.20. The number of carbonyl (C=O) groups excluding carboxylic acids is 1. The van der Waals surface area contributed by atoms with E-state index in [4.69, 9.17) is 9.47 Å². The minimum absolute atomic E-state index is 0.168. The minimum Gasteiger partial charge on any atom is -0.496 e. The Balaban J connectivity index is 1.57. The molecule has 0 fully saturated rings. The zero-order chi connectivity index (χ0) is 18.4. The first-order valence-electron chi connectivity index (χ1n) is 7.77. The number of methoxy groups -OCH3 is 1. The molecular weight excluding hydrogens is 434 g/mol. The quantitative estimate of drug-likeness (QED) is 0.356. The van der Waals surface area contributed by atoms with Gasteiger partial charge in [-0.2, -0.15) is 0 Å². The first-order valence-corrected chi connectivity index (χ1v) is 10.4. The number of rotatable bonds is 7. The molecule has 4 nitrogen and oxygen atoms in total. The second kappa shape index (κ2) is 9.21. The Morgan fingerprint density at radius 3 is 2.81 bits per heavy atom. The van der Waals surface area contributed by atoms with Crippen molar-refractivity contribution in [2.45, 2.75) is 11.5 Å². The van der Waals surface area contributed by atoms with Gasteiger partial charge < -0.3 is 9.47 Å². The van der Waals surface area contributed by atoms with Crippen LogP contribution in [0.15, 0.2) is 63.3 Å². The number of nitrogens with zero attached hydrogens (tertiary/aromatic N) is 1. The monoisotopic (exact) mass is 449 g/mol. The largest absolute Gasteiger partial charge is 0.496 e. The number of carbonyl (C=O) groups is 1. The summed E-state index contributed by atoms with van der Waals surface area (Å²) in [6.07, 6.45) is 0. The number of hydrogen-bond acceptors (Lipinski definition) is 6.